The number of aromatic nitrogens is 1. The zero-order chi connectivity index (χ0) is 19.0. The second-order valence-electron chi connectivity index (χ2n) is 5.69. The Bertz CT molecular complexity index is 1200. The Balaban J connectivity index is 1.88. The van der Waals surface area contributed by atoms with Crippen molar-refractivity contribution in [3.8, 4) is 34.1 Å². The number of methoxy groups -OCH3 is 2. The summed E-state index contributed by atoms with van der Waals surface area (Å²) in [5, 5.41) is 2.79. The van der Waals surface area contributed by atoms with E-state index in [1.807, 2.05) is 29.6 Å². The monoisotopic (exact) mass is 399 g/mol. The van der Waals surface area contributed by atoms with E-state index < -0.39 is 5.63 Å². The van der Waals surface area contributed by atoms with Crippen LogP contribution in [-0.2, 0) is 0 Å². The van der Waals surface area contributed by atoms with Crippen LogP contribution >= 0.6 is 22.9 Å². The maximum absolute atomic E-state index is 12.7. The molecule has 0 N–H and O–H groups in total. The molecule has 0 atom stereocenters. The Morgan fingerprint density at radius 1 is 1.04 bits per heavy atom. The molecule has 4 rings (SSSR count). The van der Waals surface area contributed by atoms with Crippen molar-refractivity contribution in [1.29, 1.82) is 0 Å². The maximum atomic E-state index is 12.7. The van der Waals surface area contributed by atoms with Crippen LogP contribution in [0.4, 0.5) is 0 Å². The van der Waals surface area contributed by atoms with Gasteiger partial charge in [0.1, 0.15) is 10.2 Å². The smallest absolute Gasteiger partial charge is 0.348 e. The standard InChI is InChI=1S/C20H14ClNO4S/c1-24-15-8-7-11(9-16(15)25-2)13-10-27-19-17(13)20(23)26-18(22-19)12-5-3-4-6-14(12)21/h3-10H,1-2H3. The number of thiophene rings is 1. The van der Waals surface area contributed by atoms with Crippen molar-refractivity contribution in [1.82, 2.24) is 4.98 Å². The van der Waals surface area contributed by atoms with Crippen molar-refractivity contribution in [3.05, 3.63) is 63.3 Å². The van der Waals surface area contributed by atoms with Gasteiger partial charge in [0.25, 0.3) is 0 Å². The summed E-state index contributed by atoms with van der Waals surface area (Å²) in [5.74, 6) is 1.41. The summed E-state index contributed by atoms with van der Waals surface area (Å²) in [6, 6.07) is 12.6. The van der Waals surface area contributed by atoms with Crippen molar-refractivity contribution in [2.45, 2.75) is 0 Å². The van der Waals surface area contributed by atoms with Gasteiger partial charge in [-0.05, 0) is 29.8 Å². The van der Waals surface area contributed by atoms with E-state index in [9.17, 15) is 4.79 Å². The minimum absolute atomic E-state index is 0.207. The highest BCUT2D eigenvalue weighted by Gasteiger charge is 2.17. The summed E-state index contributed by atoms with van der Waals surface area (Å²) in [6.45, 7) is 0. The largest absolute Gasteiger partial charge is 0.493 e. The first kappa shape index (κ1) is 17.6. The molecule has 2 heterocycles. The first-order valence-electron chi connectivity index (χ1n) is 8.02. The van der Waals surface area contributed by atoms with Crippen molar-refractivity contribution in [3.63, 3.8) is 0 Å². The summed E-state index contributed by atoms with van der Waals surface area (Å²) in [6.07, 6.45) is 0. The molecule has 0 aliphatic heterocycles. The molecule has 4 aromatic rings. The number of halogens is 1. The van der Waals surface area contributed by atoms with Crippen LogP contribution in [0.2, 0.25) is 5.02 Å². The van der Waals surface area contributed by atoms with E-state index in [-0.39, 0.29) is 5.89 Å². The van der Waals surface area contributed by atoms with Gasteiger partial charge in [-0.3, -0.25) is 0 Å². The highest BCUT2D eigenvalue weighted by atomic mass is 35.5. The zero-order valence-corrected chi connectivity index (χ0v) is 16.1. The highest BCUT2D eigenvalue weighted by molar-refractivity contribution is 7.17. The fraction of sp³-hybridized carbons (Fsp3) is 0.100. The van der Waals surface area contributed by atoms with E-state index in [0.29, 0.717) is 32.3 Å². The lowest BCUT2D eigenvalue weighted by Crippen LogP contribution is -2.02. The number of rotatable bonds is 4. The Hall–Kier alpha value is -2.83. The average Bonchev–Trinajstić information content (AvgIpc) is 3.12. The number of hydrogen-bond donors (Lipinski definition) is 0. The van der Waals surface area contributed by atoms with E-state index in [1.54, 1.807) is 32.4 Å². The topological polar surface area (TPSA) is 61.6 Å². The van der Waals surface area contributed by atoms with Gasteiger partial charge in [0.05, 0.1) is 24.8 Å². The van der Waals surface area contributed by atoms with E-state index in [1.165, 1.54) is 11.3 Å². The lowest BCUT2D eigenvalue weighted by atomic mass is 10.1. The summed E-state index contributed by atoms with van der Waals surface area (Å²) in [4.78, 5) is 17.8. The van der Waals surface area contributed by atoms with Crippen LogP contribution in [0.15, 0.2) is 57.1 Å². The number of fused-ring (bicyclic) bond motifs is 1. The average molecular weight is 400 g/mol. The third-order valence-electron chi connectivity index (χ3n) is 4.17. The van der Waals surface area contributed by atoms with Crippen LogP contribution in [0, 0.1) is 0 Å². The van der Waals surface area contributed by atoms with Gasteiger partial charge in [0, 0.05) is 10.9 Å². The van der Waals surface area contributed by atoms with E-state index in [4.69, 9.17) is 25.5 Å². The fourth-order valence-electron chi connectivity index (χ4n) is 2.85. The van der Waals surface area contributed by atoms with Gasteiger partial charge < -0.3 is 13.9 Å². The first-order chi connectivity index (χ1) is 13.1. The molecular formula is C20H14ClNO4S. The SMILES string of the molecule is COc1ccc(-c2csc3nc(-c4ccccc4Cl)oc(=O)c23)cc1OC. The summed E-state index contributed by atoms with van der Waals surface area (Å²) >= 11 is 7.58. The van der Waals surface area contributed by atoms with Crippen LogP contribution in [0.25, 0.3) is 32.8 Å². The molecule has 0 bridgehead atoms. The van der Waals surface area contributed by atoms with Crippen molar-refractivity contribution in [2.75, 3.05) is 14.2 Å². The normalized spacial score (nSPS) is 10.9. The van der Waals surface area contributed by atoms with Crippen LogP contribution < -0.4 is 15.1 Å². The summed E-state index contributed by atoms with van der Waals surface area (Å²) in [5.41, 5.74) is 1.68. The number of benzene rings is 2. The molecule has 2 aromatic carbocycles. The van der Waals surface area contributed by atoms with Crippen LogP contribution in [-0.4, -0.2) is 19.2 Å². The summed E-state index contributed by atoms with van der Waals surface area (Å²) in [7, 11) is 3.14. The lowest BCUT2D eigenvalue weighted by Gasteiger charge is -2.09. The molecule has 136 valence electrons. The third-order valence-corrected chi connectivity index (χ3v) is 5.37. The molecule has 0 unspecified atom stereocenters. The van der Waals surface area contributed by atoms with E-state index in [2.05, 4.69) is 4.98 Å². The molecule has 5 nitrogen and oxygen atoms in total. The second-order valence-corrected chi connectivity index (χ2v) is 6.95. The number of hydrogen-bond acceptors (Lipinski definition) is 6. The Morgan fingerprint density at radius 2 is 1.81 bits per heavy atom. The molecule has 0 aliphatic carbocycles. The molecular weight excluding hydrogens is 386 g/mol. The van der Waals surface area contributed by atoms with Gasteiger partial charge in [-0.2, -0.15) is 0 Å². The van der Waals surface area contributed by atoms with Gasteiger partial charge in [-0.15, -0.1) is 11.3 Å². The molecule has 0 saturated heterocycles. The second kappa shape index (κ2) is 7.06. The Morgan fingerprint density at radius 3 is 2.56 bits per heavy atom. The Kier molecular flexibility index (Phi) is 4.59. The molecule has 2 aromatic heterocycles. The third kappa shape index (κ3) is 3.07. The van der Waals surface area contributed by atoms with Crippen LogP contribution in [0.1, 0.15) is 0 Å². The minimum Gasteiger partial charge on any atom is -0.493 e. The molecule has 0 radical (unpaired) electrons. The van der Waals surface area contributed by atoms with Gasteiger partial charge in [0.2, 0.25) is 5.89 Å². The predicted octanol–water partition coefficient (Wildman–Crippen LogP) is 5.25. The fourth-order valence-corrected chi connectivity index (χ4v) is 3.99. The van der Waals surface area contributed by atoms with Gasteiger partial charge in [0.15, 0.2) is 11.5 Å². The highest BCUT2D eigenvalue weighted by Crippen LogP contribution is 2.37. The lowest BCUT2D eigenvalue weighted by molar-refractivity contribution is 0.355. The summed E-state index contributed by atoms with van der Waals surface area (Å²) < 4.78 is 16.1. The Labute approximate surface area is 163 Å². The number of nitrogens with zero attached hydrogens (tertiary/aromatic N) is 1. The van der Waals surface area contributed by atoms with Crippen molar-refractivity contribution in [2.24, 2.45) is 0 Å². The van der Waals surface area contributed by atoms with Gasteiger partial charge >= 0.3 is 5.63 Å². The molecule has 0 spiro atoms. The molecule has 0 aliphatic rings. The quantitative estimate of drug-likeness (QED) is 0.468. The van der Waals surface area contributed by atoms with Gasteiger partial charge in [-0.25, -0.2) is 9.78 Å². The van der Waals surface area contributed by atoms with E-state index >= 15 is 0 Å². The van der Waals surface area contributed by atoms with Crippen LogP contribution in [0.5, 0.6) is 11.5 Å². The van der Waals surface area contributed by atoms with Crippen molar-refractivity contribution >= 4 is 33.2 Å². The number of ether oxygens (including phenoxy) is 2. The van der Waals surface area contributed by atoms with E-state index in [0.717, 1.165) is 11.1 Å². The molecule has 27 heavy (non-hydrogen) atoms. The minimum atomic E-state index is -0.457. The molecule has 7 heteroatoms. The first-order valence-corrected chi connectivity index (χ1v) is 9.27. The molecule has 0 fully saturated rings. The van der Waals surface area contributed by atoms with Gasteiger partial charge in [-0.1, -0.05) is 29.8 Å². The molecule has 0 amide bonds. The predicted molar refractivity (Wildman–Crippen MR) is 107 cm³/mol. The molecule has 0 saturated carbocycles. The zero-order valence-electron chi connectivity index (χ0n) is 14.5. The van der Waals surface area contributed by atoms with Crippen molar-refractivity contribution < 1.29 is 13.9 Å². The maximum Gasteiger partial charge on any atom is 0.348 e. The van der Waals surface area contributed by atoms with Crippen LogP contribution in [0.3, 0.4) is 0 Å².